The van der Waals surface area contributed by atoms with E-state index in [1.807, 2.05) is 13.1 Å². The third kappa shape index (κ3) is 1.10. The summed E-state index contributed by atoms with van der Waals surface area (Å²) in [5.74, 6) is 0.871. The third-order valence-electron chi connectivity index (χ3n) is 3.80. The van der Waals surface area contributed by atoms with Gasteiger partial charge >= 0.3 is 0 Å². The minimum atomic E-state index is 0.0798. The molecule has 2 aliphatic rings. The first-order valence-corrected chi connectivity index (χ1v) is 5.70. The predicted octanol–water partition coefficient (Wildman–Crippen LogP) is 1.90. The van der Waals surface area contributed by atoms with Crippen LogP contribution in [0.3, 0.4) is 0 Å². The molecule has 2 heterocycles. The fourth-order valence-corrected chi connectivity index (χ4v) is 3.00. The van der Waals surface area contributed by atoms with Crippen LogP contribution in [0.15, 0.2) is 6.20 Å². The number of aromatic nitrogens is 1. The molecular weight excluding hydrogens is 204 g/mol. The summed E-state index contributed by atoms with van der Waals surface area (Å²) in [7, 11) is 0. The van der Waals surface area contributed by atoms with Crippen molar-refractivity contribution >= 4 is 18.0 Å². The summed E-state index contributed by atoms with van der Waals surface area (Å²) in [5.41, 5.74) is 1.57. The van der Waals surface area contributed by atoms with Gasteiger partial charge in [-0.1, -0.05) is 6.42 Å². The molecule has 2 unspecified atom stereocenters. The lowest BCUT2D eigenvalue weighted by atomic mass is 10.0. The average molecular weight is 218 g/mol. The Balaban J connectivity index is 2.16. The van der Waals surface area contributed by atoms with Gasteiger partial charge in [0.05, 0.1) is 11.5 Å². The molecule has 1 N–H and O–H groups in total. The van der Waals surface area contributed by atoms with Crippen LogP contribution in [0, 0.1) is 12.8 Å². The lowest BCUT2D eigenvalue weighted by Crippen LogP contribution is -2.34. The minimum Gasteiger partial charge on any atom is -0.330 e. The van der Waals surface area contributed by atoms with Crippen LogP contribution in [0.1, 0.15) is 41.2 Å². The monoisotopic (exact) mass is 218 g/mol. The van der Waals surface area contributed by atoms with E-state index in [9.17, 15) is 9.59 Å². The van der Waals surface area contributed by atoms with Crippen molar-refractivity contribution in [2.24, 2.45) is 5.92 Å². The maximum Gasteiger partial charge on any atom is 0.230 e. The van der Waals surface area contributed by atoms with Gasteiger partial charge < -0.3 is 9.88 Å². The van der Waals surface area contributed by atoms with E-state index in [1.165, 1.54) is 0 Å². The highest BCUT2D eigenvalue weighted by atomic mass is 16.2. The van der Waals surface area contributed by atoms with Crippen molar-refractivity contribution in [3.63, 3.8) is 0 Å². The van der Waals surface area contributed by atoms with Gasteiger partial charge in [-0.05, 0) is 25.3 Å². The number of fused-ring (bicyclic) bond motifs is 3. The highest BCUT2D eigenvalue weighted by Crippen LogP contribution is 2.43. The van der Waals surface area contributed by atoms with Crippen molar-refractivity contribution in [3.8, 4) is 0 Å². The Kier molecular flexibility index (Phi) is 1.93. The first-order valence-electron chi connectivity index (χ1n) is 5.70. The summed E-state index contributed by atoms with van der Waals surface area (Å²) in [6.07, 6.45) is 5.91. The zero-order chi connectivity index (χ0) is 11.3. The zero-order valence-electron chi connectivity index (χ0n) is 9.19. The highest BCUT2D eigenvalue weighted by molar-refractivity contribution is 5.99. The summed E-state index contributed by atoms with van der Waals surface area (Å²) in [5, 5.41) is 2.86. The van der Waals surface area contributed by atoms with Crippen molar-refractivity contribution in [3.05, 3.63) is 17.3 Å². The van der Waals surface area contributed by atoms with Gasteiger partial charge in [0.2, 0.25) is 5.91 Å². The van der Waals surface area contributed by atoms with Crippen molar-refractivity contribution in [2.45, 2.75) is 32.2 Å². The van der Waals surface area contributed by atoms with E-state index in [2.05, 4.69) is 9.88 Å². The molecule has 1 amide bonds. The van der Waals surface area contributed by atoms with Crippen LogP contribution in [0.5, 0.6) is 0 Å². The van der Waals surface area contributed by atoms with Crippen LogP contribution in [-0.4, -0.2) is 16.8 Å². The van der Waals surface area contributed by atoms with E-state index in [1.54, 1.807) is 0 Å². The summed E-state index contributed by atoms with van der Waals surface area (Å²) >= 11 is 0. The fraction of sp³-hybridized carbons (Fsp3) is 0.500. The van der Waals surface area contributed by atoms with Gasteiger partial charge in [0.25, 0.3) is 0 Å². The second-order valence-electron chi connectivity index (χ2n) is 4.69. The standard InChI is InChI=1S/C12H14N2O2/c1-7-5-14-10-4-2-3-8(10)12(16)13-11(14)9(7)6-15/h5-6,8,10H,2-4H2,1H3,(H,13,16). The largest absolute Gasteiger partial charge is 0.330 e. The Bertz CT molecular complexity index is 476. The molecular formula is C12H14N2O2. The van der Waals surface area contributed by atoms with E-state index < -0.39 is 0 Å². The van der Waals surface area contributed by atoms with Gasteiger partial charge in [-0.3, -0.25) is 9.59 Å². The Morgan fingerprint density at radius 1 is 1.50 bits per heavy atom. The van der Waals surface area contributed by atoms with Crippen molar-refractivity contribution in [1.29, 1.82) is 0 Å². The molecule has 3 rings (SSSR count). The van der Waals surface area contributed by atoms with Crippen molar-refractivity contribution in [1.82, 2.24) is 4.57 Å². The number of aldehydes is 1. The van der Waals surface area contributed by atoms with Crippen molar-refractivity contribution < 1.29 is 9.59 Å². The van der Waals surface area contributed by atoms with Gasteiger partial charge in [-0.2, -0.15) is 0 Å². The molecule has 1 saturated carbocycles. The molecule has 1 fully saturated rings. The molecule has 0 saturated heterocycles. The van der Waals surface area contributed by atoms with E-state index in [-0.39, 0.29) is 17.9 Å². The Hall–Kier alpha value is -1.58. The van der Waals surface area contributed by atoms with E-state index in [0.29, 0.717) is 11.4 Å². The number of rotatable bonds is 1. The molecule has 1 aliphatic heterocycles. The maximum atomic E-state index is 11.9. The fourth-order valence-electron chi connectivity index (χ4n) is 3.00. The van der Waals surface area contributed by atoms with Crippen LogP contribution >= 0.6 is 0 Å². The molecule has 16 heavy (non-hydrogen) atoms. The molecule has 0 radical (unpaired) electrons. The normalized spacial score (nSPS) is 27.2. The third-order valence-corrected chi connectivity index (χ3v) is 3.80. The van der Waals surface area contributed by atoms with E-state index >= 15 is 0 Å². The Morgan fingerprint density at radius 3 is 3.06 bits per heavy atom. The molecule has 4 heteroatoms. The molecule has 1 aromatic rings. The first kappa shape index (κ1) is 9.63. The number of carbonyl (C=O) groups excluding carboxylic acids is 2. The first-order chi connectivity index (χ1) is 7.72. The number of anilines is 1. The lowest BCUT2D eigenvalue weighted by Gasteiger charge is -2.28. The van der Waals surface area contributed by atoms with E-state index in [0.717, 1.165) is 31.1 Å². The number of nitrogens with one attached hydrogen (secondary N) is 1. The average Bonchev–Trinajstić information content (AvgIpc) is 2.82. The lowest BCUT2D eigenvalue weighted by molar-refractivity contribution is -0.121. The number of carbonyl (C=O) groups is 2. The van der Waals surface area contributed by atoms with Crippen LogP contribution in [0.2, 0.25) is 0 Å². The highest BCUT2D eigenvalue weighted by Gasteiger charge is 2.39. The second-order valence-corrected chi connectivity index (χ2v) is 4.69. The summed E-state index contributed by atoms with van der Waals surface area (Å²) in [6, 6.07) is 0.260. The summed E-state index contributed by atoms with van der Waals surface area (Å²) < 4.78 is 2.08. The van der Waals surface area contributed by atoms with E-state index in [4.69, 9.17) is 0 Å². The summed E-state index contributed by atoms with van der Waals surface area (Å²) in [4.78, 5) is 22.9. The zero-order valence-corrected chi connectivity index (χ0v) is 9.19. The second kappa shape index (κ2) is 3.20. The molecule has 0 bridgehead atoms. The van der Waals surface area contributed by atoms with Crippen LogP contribution in [-0.2, 0) is 4.79 Å². The number of aryl methyl sites for hydroxylation is 1. The number of hydrogen-bond acceptors (Lipinski definition) is 2. The molecule has 1 aliphatic carbocycles. The number of nitrogens with zero attached hydrogens (tertiary/aromatic N) is 1. The Labute approximate surface area is 93.6 Å². The summed E-state index contributed by atoms with van der Waals surface area (Å²) in [6.45, 7) is 1.91. The van der Waals surface area contributed by atoms with Crippen molar-refractivity contribution in [2.75, 3.05) is 5.32 Å². The SMILES string of the molecule is Cc1cn2c(c1C=O)NC(=O)C1CCCC12. The molecule has 4 nitrogen and oxygen atoms in total. The topological polar surface area (TPSA) is 51.1 Å². The predicted molar refractivity (Wildman–Crippen MR) is 59.6 cm³/mol. The van der Waals surface area contributed by atoms with Gasteiger partial charge in [0.1, 0.15) is 5.82 Å². The Morgan fingerprint density at radius 2 is 2.31 bits per heavy atom. The van der Waals surface area contributed by atoms with Gasteiger partial charge in [0, 0.05) is 12.2 Å². The molecule has 0 spiro atoms. The number of amides is 1. The van der Waals surface area contributed by atoms with Gasteiger partial charge in [-0.15, -0.1) is 0 Å². The van der Waals surface area contributed by atoms with Gasteiger partial charge in [0.15, 0.2) is 6.29 Å². The number of hydrogen-bond donors (Lipinski definition) is 1. The van der Waals surface area contributed by atoms with Crippen LogP contribution < -0.4 is 5.32 Å². The molecule has 0 aromatic carbocycles. The maximum absolute atomic E-state index is 11.9. The molecule has 1 aromatic heterocycles. The minimum absolute atomic E-state index is 0.0798. The smallest absolute Gasteiger partial charge is 0.230 e. The van der Waals surface area contributed by atoms with Crippen LogP contribution in [0.4, 0.5) is 5.82 Å². The molecule has 84 valence electrons. The van der Waals surface area contributed by atoms with Crippen LogP contribution in [0.25, 0.3) is 0 Å². The quantitative estimate of drug-likeness (QED) is 0.732. The molecule has 2 atom stereocenters. The van der Waals surface area contributed by atoms with Gasteiger partial charge in [-0.25, -0.2) is 0 Å².